The topological polar surface area (TPSA) is 21.3 Å². The average Bonchev–Trinajstić information content (AvgIpc) is 2.32. The van der Waals surface area contributed by atoms with Gasteiger partial charge in [-0.15, -0.1) is 0 Å². The molecule has 0 atom stereocenters. The molecule has 0 aliphatic carbocycles. The molecule has 0 heterocycles. The summed E-state index contributed by atoms with van der Waals surface area (Å²) in [5, 5.41) is 4.02. The summed E-state index contributed by atoms with van der Waals surface area (Å²) in [7, 11) is 0. The Bertz CT molecular complexity index is 397. The van der Waals surface area contributed by atoms with Crippen LogP contribution in [0.2, 0.25) is 5.02 Å². The highest BCUT2D eigenvalue weighted by Gasteiger charge is 2.02. The average molecular weight is 268 g/mol. The van der Waals surface area contributed by atoms with Crippen LogP contribution in [0.15, 0.2) is 29.8 Å². The van der Waals surface area contributed by atoms with Crippen LogP contribution < -0.4 is 10.1 Å². The third-order valence-electron chi connectivity index (χ3n) is 2.48. The molecule has 0 saturated carbocycles. The van der Waals surface area contributed by atoms with Crippen molar-refractivity contribution in [1.29, 1.82) is 0 Å². The monoisotopic (exact) mass is 267 g/mol. The predicted molar refractivity (Wildman–Crippen MR) is 78.4 cm³/mol. The van der Waals surface area contributed by atoms with Crippen molar-refractivity contribution in [3.63, 3.8) is 0 Å². The number of rotatable bonds is 7. The van der Waals surface area contributed by atoms with Crippen molar-refractivity contribution >= 4 is 11.6 Å². The molecule has 0 fully saturated rings. The van der Waals surface area contributed by atoms with E-state index in [1.165, 1.54) is 11.1 Å². The van der Waals surface area contributed by atoms with Gasteiger partial charge in [-0.2, -0.15) is 0 Å². The Morgan fingerprint density at radius 1 is 1.39 bits per heavy atom. The van der Waals surface area contributed by atoms with Crippen molar-refractivity contribution in [3.8, 4) is 5.75 Å². The van der Waals surface area contributed by atoms with Crippen LogP contribution in [0, 0.1) is 0 Å². The van der Waals surface area contributed by atoms with Crippen LogP contribution in [-0.2, 0) is 6.54 Å². The summed E-state index contributed by atoms with van der Waals surface area (Å²) in [6, 6.07) is 5.94. The van der Waals surface area contributed by atoms with Gasteiger partial charge in [-0.3, -0.25) is 0 Å². The van der Waals surface area contributed by atoms with E-state index in [0.717, 1.165) is 25.3 Å². The molecule has 0 aliphatic heterocycles. The number of halogens is 1. The Morgan fingerprint density at radius 3 is 2.78 bits per heavy atom. The molecule has 0 aliphatic rings. The molecule has 1 aromatic carbocycles. The van der Waals surface area contributed by atoms with Gasteiger partial charge in [-0.25, -0.2) is 0 Å². The standard InChI is InChI=1S/C15H22ClNO/c1-4-8-17-11-13-5-6-15(14(16)10-13)18-9-7-12(2)3/h5-7,10,17H,4,8-9,11H2,1-3H3. The van der Waals surface area contributed by atoms with Crippen LogP contribution in [0.4, 0.5) is 0 Å². The molecule has 0 bridgehead atoms. The third kappa shape index (κ3) is 5.56. The number of allylic oxidation sites excluding steroid dienone is 1. The first-order valence-corrected chi connectivity index (χ1v) is 6.76. The molecule has 2 nitrogen and oxygen atoms in total. The summed E-state index contributed by atoms with van der Waals surface area (Å²) in [5.41, 5.74) is 2.43. The van der Waals surface area contributed by atoms with Gasteiger partial charge in [0.2, 0.25) is 0 Å². The van der Waals surface area contributed by atoms with E-state index in [1.807, 2.05) is 38.1 Å². The van der Waals surface area contributed by atoms with Crippen molar-refractivity contribution in [2.24, 2.45) is 0 Å². The first-order valence-electron chi connectivity index (χ1n) is 6.38. The maximum Gasteiger partial charge on any atom is 0.138 e. The van der Waals surface area contributed by atoms with E-state index in [1.54, 1.807) is 0 Å². The molecule has 100 valence electrons. The van der Waals surface area contributed by atoms with Gasteiger partial charge < -0.3 is 10.1 Å². The van der Waals surface area contributed by atoms with E-state index in [-0.39, 0.29) is 0 Å². The Morgan fingerprint density at radius 2 is 2.17 bits per heavy atom. The third-order valence-corrected chi connectivity index (χ3v) is 2.78. The maximum atomic E-state index is 6.18. The van der Waals surface area contributed by atoms with Gasteiger partial charge >= 0.3 is 0 Å². The van der Waals surface area contributed by atoms with Crippen LogP contribution in [0.5, 0.6) is 5.75 Å². The summed E-state index contributed by atoms with van der Waals surface area (Å²) in [6.07, 6.45) is 3.17. The molecular formula is C15H22ClNO. The predicted octanol–water partition coefficient (Wildman–Crippen LogP) is 4.18. The molecule has 0 saturated heterocycles. The Balaban J connectivity index is 2.53. The maximum absolute atomic E-state index is 6.18. The number of nitrogens with one attached hydrogen (secondary N) is 1. The van der Waals surface area contributed by atoms with E-state index in [4.69, 9.17) is 16.3 Å². The van der Waals surface area contributed by atoms with Gasteiger partial charge in [0.25, 0.3) is 0 Å². The highest BCUT2D eigenvalue weighted by molar-refractivity contribution is 6.32. The van der Waals surface area contributed by atoms with Crippen molar-refractivity contribution in [1.82, 2.24) is 5.32 Å². The zero-order chi connectivity index (χ0) is 13.4. The van der Waals surface area contributed by atoms with Gasteiger partial charge in [0, 0.05) is 6.54 Å². The van der Waals surface area contributed by atoms with Crippen LogP contribution in [-0.4, -0.2) is 13.2 Å². The molecule has 1 aromatic rings. The van der Waals surface area contributed by atoms with Gasteiger partial charge in [0.15, 0.2) is 0 Å². The lowest BCUT2D eigenvalue weighted by atomic mass is 10.2. The molecule has 0 amide bonds. The van der Waals surface area contributed by atoms with Crippen LogP contribution in [0.1, 0.15) is 32.8 Å². The summed E-state index contributed by atoms with van der Waals surface area (Å²) >= 11 is 6.18. The number of hydrogen-bond acceptors (Lipinski definition) is 2. The molecule has 0 spiro atoms. The highest BCUT2D eigenvalue weighted by atomic mass is 35.5. The molecular weight excluding hydrogens is 246 g/mol. The second kappa shape index (κ2) is 8.17. The summed E-state index contributed by atoms with van der Waals surface area (Å²) in [4.78, 5) is 0. The molecule has 1 rings (SSSR count). The fraction of sp³-hybridized carbons (Fsp3) is 0.467. The summed E-state index contributed by atoms with van der Waals surface area (Å²) < 4.78 is 5.60. The minimum atomic E-state index is 0.565. The first kappa shape index (κ1) is 15.1. The van der Waals surface area contributed by atoms with Crippen molar-refractivity contribution in [2.45, 2.75) is 33.7 Å². The molecule has 18 heavy (non-hydrogen) atoms. The number of hydrogen-bond donors (Lipinski definition) is 1. The number of ether oxygens (including phenoxy) is 1. The highest BCUT2D eigenvalue weighted by Crippen LogP contribution is 2.25. The van der Waals surface area contributed by atoms with E-state index >= 15 is 0 Å². The van der Waals surface area contributed by atoms with E-state index in [9.17, 15) is 0 Å². The van der Waals surface area contributed by atoms with Gasteiger partial charge in [0.05, 0.1) is 5.02 Å². The Labute approximate surface area is 115 Å². The molecule has 3 heteroatoms. The summed E-state index contributed by atoms with van der Waals surface area (Å²) in [6.45, 7) is 8.69. The van der Waals surface area contributed by atoms with Gasteiger partial charge in [0.1, 0.15) is 12.4 Å². The lowest BCUT2D eigenvalue weighted by Crippen LogP contribution is -2.13. The van der Waals surface area contributed by atoms with Crippen molar-refractivity contribution in [3.05, 3.63) is 40.4 Å². The second-order valence-corrected chi connectivity index (χ2v) is 4.94. The lowest BCUT2D eigenvalue weighted by molar-refractivity contribution is 0.362. The molecule has 0 aromatic heterocycles. The molecule has 1 N–H and O–H groups in total. The largest absolute Gasteiger partial charge is 0.488 e. The fourth-order valence-electron chi connectivity index (χ4n) is 1.48. The van der Waals surface area contributed by atoms with Crippen molar-refractivity contribution < 1.29 is 4.74 Å². The van der Waals surface area contributed by atoms with E-state index in [0.29, 0.717) is 11.6 Å². The minimum Gasteiger partial charge on any atom is -0.488 e. The minimum absolute atomic E-state index is 0.565. The fourth-order valence-corrected chi connectivity index (χ4v) is 1.74. The normalized spacial score (nSPS) is 10.2. The van der Waals surface area contributed by atoms with Crippen LogP contribution in [0.3, 0.4) is 0 Å². The summed E-state index contributed by atoms with van der Waals surface area (Å²) in [5.74, 6) is 0.744. The van der Waals surface area contributed by atoms with Crippen LogP contribution >= 0.6 is 11.6 Å². The van der Waals surface area contributed by atoms with Crippen LogP contribution in [0.25, 0.3) is 0 Å². The van der Waals surface area contributed by atoms with E-state index < -0.39 is 0 Å². The molecule has 0 radical (unpaired) electrons. The zero-order valence-corrected chi connectivity index (χ0v) is 12.2. The number of benzene rings is 1. The van der Waals surface area contributed by atoms with E-state index in [2.05, 4.69) is 12.2 Å². The smallest absolute Gasteiger partial charge is 0.138 e. The Hall–Kier alpha value is -0.990. The zero-order valence-electron chi connectivity index (χ0n) is 11.4. The second-order valence-electron chi connectivity index (χ2n) is 4.53. The van der Waals surface area contributed by atoms with Gasteiger partial charge in [-0.1, -0.05) is 30.2 Å². The lowest BCUT2D eigenvalue weighted by Gasteiger charge is -2.09. The molecule has 0 unspecified atom stereocenters. The Kier molecular flexibility index (Phi) is 6.84. The first-order chi connectivity index (χ1) is 8.63. The quantitative estimate of drug-likeness (QED) is 0.591. The SMILES string of the molecule is CCCNCc1ccc(OCC=C(C)C)c(Cl)c1. The van der Waals surface area contributed by atoms with Gasteiger partial charge in [-0.05, 0) is 50.6 Å². The van der Waals surface area contributed by atoms with Crippen molar-refractivity contribution in [2.75, 3.05) is 13.2 Å².